The van der Waals surface area contributed by atoms with Crippen molar-refractivity contribution in [3.05, 3.63) is 95.8 Å². The number of carbonyl (C=O) groups excluding carboxylic acids is 2. The third kappa shape index (κ3) is 5.69. The Morgan fingerprint density at radius 3 is 1.92 bits per heavy atom. The number of hydrogen-bond donors (Lipinski definition) is 2. The van der Waals surface area contributed by atoms with Gasteiger partial charge in [-0.15, -0.1) is 0 Å². The number of amides is 2. The highest BCUT2D eigenvalue weighted by molar-refractivity contribution is 6.14. The molecule has 2 aromatic heterocycles. The van der Waals surface area contributed by atoms with Crippen LogP contribution in [0.1, 0.15) is 55.7 Å². The summed E-state index contributed by atoms with van der Waals surface area (Å²) in [6.07, 6.45) is 11.3. The molecule has 0 spiro atoms. The molecule has 0 radical (unpaired) electrons. The predicted molar refractivity (Wildman–Crippen MR) is 201 cm³/mol. The monoisotopic (exact) mass is 713 g/mol. The molecule has 4 saturated heterocycles. The molecule has 274 valence electrons. The Balaban J connectivity index is 0.950. The highest BCUT2D eigenvalue weighted by Gasteiger charge is 2.68. The number of hydrogen-bond acceptors (Lipinski definition) is 9. The van der Waals surface area contributed by atoms with Crippen LogP contribution in [0.15, 0.2) is 79.1 Å². The summed E-state index contributed by atoms with van der Waals surface area (Å²) in [6.45, 7) is 7.57. The van der Waals surface area contributed by atoms with Crippen molar-refractivity contribution in [3.63, 3.8) is 0 Å². The highest BCUT2D eigenvalue weighted by atomic mass is 16.7. The Morgan fingerprint density at radius 2 is 1.38 bits per heavy atom. The largest absolute Gasteiger partial charge is 0.381 e. The lowest BCUT2D eigenvalue weighted by atomic mass is 9.94. The molecule has 6 aliphatic rings. The Labute approximate surface area is 309 Å². The molecule has 12 nitrogen and oxygen atoms in total. The minimum Gasteiger partial charge on any atom is -0.381 e. The van der Waals surface area contributed by atoms with E-state index < -0.39 is 5.60 Å². The minimum absolute atomic E-state index is 0.0634. The number of nitrogens with zero attached hydrogens (tertiary/aromatic N) is 7. The van der Waals surface area contributed by atoms with Crippen LogP contribution < -0.4 is 10.8 Å². The first-order valence-electron chi connectivity index (χ1n) is 19.5. The van der Waals surface area contributed by atoms with E-state index in [4.69, 9.17) is 9.82 Å². The van der Waals surface area contributed by atoms with E-state index in [0.29, 0.717) is 18.3 Å². The van der Waals surface area contributed by atoms with E-state index in [2.05, 4.69) is 81.2 Å². The first kappa shape index (κ1) is 32.8. The third-order valence-electron chi connectivity index (χ3n) is 12.4. The zero-order chi connectivity index (χ0) is 35.7. The lowest BCUT2D eigenvalue weighted by molar-refractivity contribution is -0.165. The summed E-state index contributed by atoms with van der Waals surface area (Å²) in [5, 5.41) is 9.39. The number of carbonyl (C=O) groups is 2. The summed E-state index contributed by atoms with van der Waals surface area (Å²) in [4.78, 5) is 49.5. The van der Waals surface area contributed by atoms with Gasteiger partial charge < -0.3 is 15.1 Å². The molecule has 4 aromatic rings. The van der Waals surface area contributed by atoms with Crippen molar-refractivity contribution >= 4 is 34.2 Å². The molecule has 5 fully saturated rings. The number of anilines is 1. The Morgan fingerprint density at radius 1 is 0.811 bits per heavy atom. The topological polar surface area (TPSA) is 111 Å². The van der Waals surface area contributed by atoms with Gasteiger partial charge in [-0.1, -0.05) is 79.9 Å². The molecule has 2 N–H and O–H groups in total. The molecule has 53 heavy (non-hydrogen) atoms. The van der Waals surface area contributed by atoms with Crippen molar-refractivity contribution in [2.24, 2.45) is 0 Å². The van der Waals surface area contributed by atoms with Gasteiger partial charge in [0.25, 0.3) is 17.4 Å². The second kappa shape index (κ2) is 13.0. The molecule has 1 aliphatic carbocycles. The van der Waals surface area contributed by atoms with Gasteiger partial charge in [-0.25, -0.2) is 14.5 Å². The van der Waals surface area contributed by atoms with Crippen molar-refractivity contribution in [1.29, 1.82) is 0 Å². The molecule has 2 amide bonds. The summed E-state index contributed by atoms with van der Waals surface area (Å²) in [7, 11) is 0. The van der Waals surface area contributed by atoms with Crippen molar-refractivity contribution in [2.75, 3.05) is 31.5 Å². The lowest BCUT2D eigenvalue weighted by Crippen LogP contribution is -2.55. The quantitative estimate of drug-likeness (QED) is 0.186. The van der Waals surface area contributed by atoms with E-state index in [1.807, 2.05) is 39.0 Å². The number of benzene rings is 2. The maximum atomic E-state index is 14.8. The van der Waals surface area contributed by atoms with Crippen molar-refractivity contribution in [2.45, 2.75) is 94.5 Å². The number of piperazine rings is 2. The van der Waals surface area contributed by atoms with Crippen LogP contribution in [0.25, 0.3) is 16.7 Å². The van der Waals surface area contributed by atoms with Crippen LogP contribution in [0.2, 0.25) is 0 Å². The third-order valence-corrected chi connectivity index (χ3v) is 12.4. The fraction of sp³-hybridized carbons (Fsp3) is 0.463. The zero-order valence-electron chi connectivity index (χ0n) is 30.2. The highest BCUT2D eigenvalue weighted by Crippen LogP contribution is 2.46. The van der Waals surface area contributed by atoms with Gasteiger partial charge >= 0.3 is 0 Å². The standard InChI is InChI=1S/C41H47N9O3/c1-2-48-38-31(20-43-48)37(44-29-16-10-5-11-17-29)30(19-42-38)32-18-41(53-45-32,39(51)49-33-23-46(24-34(33)49)21-27-12-6-3-7-13-27)40(52)50-35-25-47(26-36(35)50)22-28-14-8-4-9-15-28/h3-4,6-9,12-15,18-20,29,33-36,45H,2,5,10-11,16-17,21-26H2,1H3,(H,42,44). The summed E-state index contributed by atoms with van der Waals surface area (Å²) >= 11 is 0. The molecule has 0 bridgehead atoms. The van der Waals surface area contributed by atoms with Gasteiger partial charge in [-0.3, -0.25) is 24.9 Å². The van der Waals surface area contributed by atoms with Crippen LogP contribution in [-0.4, -0.2) is 108 Å². The van der Waals surface area contributed by atoms with Gasteiger partial charge in [0.2, 0.25) is 0 Å². The van der Waals surface area contributed by atoms with Gasteiger partial charge in [0.05, 0.1) is 47.1 Å². The van der Waals surface area contributed by atoms with Gasteiger partial charge in [0.1, 0.15) is 0 Å². The number of pyridine rings is 1. The average molecular weight is 714 g/mol. The second-order valence-corrected chi connectivity index (χ2v) is 15.8. The summed E-state index contributed by atoms with van der Waals surface area (Å²) < 4.78 is 1.90. The summed E-state index contributed by atoms with van der Waals surface area (Å²) in [5.41, 5.74) is 6.91. The van der Waals surface area contributed by atoms with E-state index in [9.17, 15) is 9.59 Å². The van der Waals surface area contributed by atoms with Crippen molar-refractivity contribution in [3.8, 4) is 0 Å². The Kier molecular flexibility index (Phi) is 8.03. The molecule has 2 aromatic carbocycles. The smallest absolute Gasteiger partial charge is 0.272 e. The van der Waals surface area contributed by atoms with E-state index in [1.165, 1.54) is 30.4 Å². The first-order valence-corrected chi connectivity index (χ1v) is 19.5. The van der Waals surface area contributed by atoms with Gasteiger partial charge in [-0.2, -0.15) is 5.10 Å². The summed E-state index contributed by atoms with van der Waals surface area (Å²) in [5.74, 6) is -0.555. The zero-order valence-corrected chi connectivity index (χ0v) is 30.2. The molecule has 10 rings (SSSR count). The molecule has 12 heteroatoms. The van der Waals surface area contributed by atoms with Crippen molar-refractivity contribution < 1.29 is 14.4 Å². The number of likely N-dealkylation sites (tertiary alicyclic amines) is 2. The number of rotatable bonds is 10. The van der Waals surface area contributed by atoms with Crippen LogP contribution in [0.5, 0.6) is 0 Å². The van der Waals surface area contributed by atoms with Gasteiger partial charge in [-0.05, 0) is 37.0 Å². The number of aromatic nitrogens is 3. The average Bonchev–Trinajstić information content (AvgIpc) is 3.62. The van der Waals surface area contributed by atoms with Crippen LogP contribution in [0.3, 0.4) is 0 Å². The number of nitrogens with one attached hydrogen (secondary N) is 2. The second-order valence-electron chi connectivity index (χ2n) is 15.8. The van der Waals surface area contributed by atoms with Gasteiger partial charge in [0, 0.05) is 63.6 Å². The molecule has 1 saturated carbocycles. The van der Waals surface area contributed by atoms with E-state index in [0.717, 1.165) is 74.4 Å². The Hall–Kier alpha value is -4.78. The molecule has 5 aliphatic heterocycles. The van der Waals surface area contributed by atoms with E-state index in [-0.39, 0.29) is 36.0 Å². The van der Waals surface area contributed by atoms with Crippen LogP contribution in [0, 0.1) is 0 Å². The summed E-state index contributed by atoms with van der Waals surface area (Å²) in [6, 6.07) is 21.5. The van der Waals surface area contributed by atoms with Crippen LogP contribution >= 0.6 is 0 Å². The molecular formula is C41H47N9O3. The molecular weight excluding hydrogens is 667 g/mol. The van der Waals surface area contributed by atoms with Crippen LogP contribution in [0.4, 0.5) is 5.69 Å². The maximum Gasteiger partial charge on any atom is 0.272 e. The van der Waals surface area contributed by atoms with Gasteiger partial charge in [0.15, 0.2) is 5.65 Å². The molecule has 4 atom stereocenters. The number of aryl methyl sites for hydroxylation is 1. The fourth-order valence-corrected chi connectivity index (χ4v) is 9.54. The predicted octanol–water partition coefficient (Wildman–Crippen LogP) is 4.00. The molecule has 7 heterocycles. The fourth-order valence-electron chi connectivity index (χ4n) is 9.54. The first-order chi connectivity index (χ1) is 26.0. The van der Waals surface area contributed by atoms with Crippen LogP contribution in [-0.2, 0) is 34.1 Å². The number of fused-ring (bicyclic) bond motifs is 3. The van der Waals surface area contributed by atoms with E-state index in [1.54, 1.807) is 6.08 Å². The normalized spacial score (nSPS) is 28.1. The SMILES string of the molecule is CCn1ncc2c(NC3CCCCC3)c(C3=CC(C(=O)N4C5CN(Cc6ccccc6)CC54)(C(=O)N4C5CN(Cc6ccccc6)CC54)ON3)cnc21. The minimum atomic E-state index is -1.80. The number of hydroxylamine groups is 1. The van der Waals surface area contributed by atoms with E-state index >= 15 is 0 Å². The van der Waals surface area contributed by atoms with Crippen molar-refractivity contribution in [1.82, 2.24) is 39.8 Å². The maximum absolute atomic E-state index is 14.8. The Bertz CT molecular complexity index is 1960. The lowest BCUT2D eigenvalue weighted by Gasteiger charge is -2.29. The molecule has 4 unspecified atom stereocenters.